The van der Waals surface area contributed by atoms with Gasteiger partial charge < -0.3 is 4.74 Å². The maximum absolute atomic E-state index is 12.3. The lowest BCUT2D eigenvalue weighted by molar-refractivity contribution is 0.451. The van der Waals surface area contributed by atoms with E-state index in [0.29, 0.717) is 23.8 Å². The van der Waals surface area contributed by atoms with Crippen molar-refractivity contribution in [3.63, 3.8) is 0 Å². The molecule has 0 saturated heterocycles. The summed E-state index contributed by atoms with van der Waals surface area (Å²) in [5.41, 5.74) is 0.422. The summed E-state index contributed by atoms with van der Waals surface area (Å²) < 4.78 is 8.73. The van der Waals surface area contributed by atoms with Crippen molar-refractivity contribution in [1.82, 2.24) is 14.2 Å². The first-order chi connectivity index (χ1) is 9.79. The number of hydrogen-bond donors (Lipinski definition) is 0. The Morgan fingerprint density at radius 1 is 1.10 bits per heavy atom. The Morgan fingerprint density at radius 2 is 1.90 bits per heavy atom. The van der Waals surface area contributed by atoms with Gasteiger partial charge in [0, 0.05) is 6.54 Å². The van der Waals surface area contributed by atoms with E-state index in [4.69, 9.17) is 4.74 Å². The van der Waals surface area contributed by atoms with Gasteiger partial charge in [-0.15, -0.1) is 5.10 Å². The van der Waals surface area contributed by atoms with E-state index in [9.17, 15) is 4.79 Å². The highest BCUT2D eigenvalue weighted by molar-refractivity contribution is 5.41. The zero-order chi connectivity index (χ0) is 13.9. The lowest BCUT2D eigenvalue weighted by Crippen LogP contribution is -2.21. The van der Waals surface area contributed by atoms with Crippen LogP contribution in [-0.4, -0.2) is 14.2 Å². The number of rotatable bonds is 4. The Morgan fingerprint density at radius 3 is 2.65 bits per heavy atom. The van der Waals surface area contributed by atoms with Gasteiger partial charge in [0.05, 0.1) is 0 Å². The first kappa shape index (κ1) is 12.5. The molecule has 5 heteroatoms. The highest BCUT2D eigenvalue weighted by Gasteiger charge is 2.11. The summed E-state index contributed by atoms with van der Waals surface area (Å²) in [4.78, 5) is 12.3. The maximum atomic E-state index is 12.3. The van der Waals surface area contributed by atoms with Crippen LogP contribution >= 0.6 is 0 Å². The van der Waals surface area contributed by atoms with E-state index in [-0.39, 0.29) is 5.69 Å². The predicted molar refractivity (Wildman–Crippen MR) is 76.3 cm³/mol. The molecule has 0 radical (unpaired) electrons. The first-order valence-electron chi connectivity index (χ1n) is 6.61. The van der Waals surface area contributed by atoms with Crippen LogP contribution in [0.15, 0.2) is 53.3 Å². The third-order valence-electron chi connectivity index (χ3n) is 2.97. The van der Waals surface area contributed by atoms with Gasteiger partial charge in [0.2, 0.25) is 5.88 Å². The highest BCUT2D eigenvalue weighted by atomic mass is 16.5. The van der Waals surface area contributed by atoms with Crippen molar-refractivity contribution in [1.29, 1.82) is 0 Å². The average molecular weight is 269 g/mol. The fourth-order valence-corrected chi connectivity index (χ4v) is 2.08. The molecule has 102 valence electrons. The summed E-state index contributed by atoms with van der Waals surface area (Å²) >= 11 is 0. The van der Waals surface area contributed by atoms with Crippen LogP contribution < -0.4 is 10.4 Å². The number of ether oxygens (including phenoxy) is 1. The molecule has 0 spiro atoms. The van der Waals surface area contributed by atoms with Gasteiger partial charge in [-0.25, -0.2) is 13.9 Å². The van der Waals surface area contributed by atoms with Crippen LogP contribution in [0.4, 0.5) is 0 Å². The Hall–Kier alpha value is -2.56. The standard InChI is InChI=1S/C15H15N3O2/c1-2-11-17-15(19)18-13(16-17)9-6-10-14(18)20-12-7-4-3-5-8-12/h3-10H,2,11H2,1H3. The van der Waals surface area contributed by atoms with Gasteiger partial charge in [-0.2, -0.15) is 0 Å². The molecular formula is C15H15N3O2. The van der Waals surface area contributed by atoms with Crippen molar-refractivity contribution in [2.45, 2.75) is 19.9 Å². The first-order valence-corrected chi connectivity index (χ1v) is 6.61. The topological polar surface area (TPSA) is 48.5 Å². The molecular weight excluding hydrogens is 254 g/mol. The minimum Gasteiger partial charge on any atom is -0.440 e. The fraction of sp³-hybridized carbons (Fsp3) is 0.200. The van der Waals surface area contributed by atoms with Crippen LogP contribution in [0, 0.1) is 0 Å². The Bertz CT molecular complexity index is 775. The summed E-state index contributed by atoms with van der Waals surface area (Å²) in [6, 6.07) is 14.8. The number of hydrogen-bond acceptors (Lipinski definition) is 3. The van der Waals surface area contributed by atoms with Gasteiger partial charge >= 0.3 is 5.69 Å². The van der Waals surface area contributed by atoms with E-state index < -0.39 is 0 Å². The zero-order valence-corrected chi connectivity index (χ0v) is 11.2. The number of aromatic nitrogens is 3. The third kappa shape index (κ3) is 2.18. The number of fused-ring (bicyclic) bond motifs is 1. The van der Waals surface area contributed by atoms with Crippen LogP contribution in [0.25, 0.3) is 5.65 Å². The van der Waals surface area contributed by atoms with E-state index in [2.05, 4.69) is 5.10 Å². The van der Waals surface area contributed by atoms with Crippen LogP contribution in [0.2, 0.25) is 0 Å². The molecule has 3 aromatic rings. The van der Waals surface area contributed by atoms with Gasteiger partial charge in [-0.1, -0.05) is 31.2 Å². The molecule has 0 amide bonds. The van der Waals surface area contributed by atoms with Gasteiger partial charge in [-0.3, -0.25) is 0 Å². The second-order valence-electron chi connectivity index (χ2n) is 4.48. The van der Waals surface area contributed by atoms with E-state index in [1.165, 1.54) is 9.08 Å². The number of aryl methyl sites for hydroxylation is 1. The molecule has 0 aliphatic rings. The number of nitrogens with zero attached hydrogens (tertiary/aromatic N) is 3. The van der Waals surface area contributed by atoms with Crippen LogP contribution in [0.1, 0.15) is 13.3 Å². The van der Waals surface area contributed by atoms with Gasteiger partial charge in [0.25, 0.3) is 0 Å². The minimum atomic E-state index is -0.173. The normalized spacial score (nSPS) is 10.8. The van der Waals surface area contributed by atoms with Gasteiger partial charge in [-0.05, 0) is 30.7 Å². The van der Waals surface area contributed by atoms with E-state index >= 15 is 0 Å². The largest absolute Gasteiger partial charge is 0.440 e. The van der Waals surface area contributed by atoms with E-state index in [1.54, 1.807) is 12.1 Å². The lowest BCUT2D eigenvalue weighted by atomic mass is 10.3. The Balaban J connectivity index is 2.09. The summed E-state index contributed by atoms with van der Waals surface area (Å²) in [5.74, 6) is 1.16. The molecule has 3 rings (SSSR count). The zero-order valence-electron chi connectivity index (χ0n) is 11.2. The maximum Gasteiger partial charge on any atom is 0.353 e. The molecule has 0 atom stereocenters. The molecule has 0 bridgehead atoms. The molecule has 1 aromatic carbocycles. The van der Waals surface area contributed by atoms with Crippen molar-refractivity contribution in [2.75, 3.05) is 0 Å². The second kappa shape index (κ2) is 5.21. The molecule has 0 aliphatic carbocycles. The number of benzene rings is 1. The van der Waals surface area contributed by atoms with Crippen molar-refractivity contribution < 1.29 is 4.74 Å². The van der Waals surface area contributed by atoms with Crippen molar-refractivity contribution in [3.8, 4) is 11.6 Å². The predicted octanol–water partition coefficient (Wildman–Crippen LogP) is 2.70. The molecule has 0 saturated carbocycles. The summed E-state index contributed by atoms with van der Waals surface area (Å²) in [6.07, 6.45) is 0.860. The molecule has 5 nitrogen and oxygen atoms in total. The lowest BCUT2D eigenvalue weighted by Gasteiger charge is -2.06. The molecule has 20 heavy (non-hydrogen) atoms. The number of pyridine rings is 1. The summed E-state index contributed by atoms with van der Waals surface area (Å²) in [6.45, 7) is 2.61. The number of para-hydroxylation sites is 1. The van der Waals surface area contributed by atoms with E-state index in [0.717, 1.165) is 6.42 Å². The van der Waals surface area contributed by atoms with Crippen molar-refractivity contribution in [2.24, 2.45) is 0 Å². The third-order valence-corrected chi connectivity index (χ3v) is 2.97. The smallest absolute Gasteiger partial charge is 0.353 e. The van der Waals surface area contributed by atoms with Crippen molar-refractivity contribution in [3.05, 3.63) is 59.0 Å². The highest BCUT2D eigenvalue weighted by Crippen LogP contribution is 2.20. The van der Waals surface area contributed by atoms with Gasteiger partial charge in [0.15, 0.2) is 5.65 Å². The van der Waals surface area contributed by atoms with Crippen molar-refractivity contribution >= 4 is 5.65 Å². The molecule has 0 fully saturated rings. The second-order valence-corrected chi connectivity index (χ2v) is 4.48. The SMILES string of the molecule is CCCn1nc2cccc(Oc3ccccc3)n2c1=O. The molecule has 2 heterocycles. The molecule has 0 unspecified atom stereocenters. The fourth-order valence-electron chi connectivity index (χ4n) is 2.08. The van der Waals surface area contributed by atoms with Crippen LogP contribution in [0.3, 0.4) is 0 Å². The Labute approximate surface area is 116 Å². The van der Waals surface area contributed by atoms with E-state index in [1.807, 2.05) is 43.3 Å². The van der Waals surface area contributed by atoms with Crippen LogP contribution in [-0.2, 0) is 6.54 Å². The van der Waals surface area contributed by atoms with Crippen LogP contribution in [0.5, 0.6) is 11.6 Å². The molecule has 2 aromatic heterocycles. The molecule has 0 aliphatic heterocycles. The quantitative estimate of drug-likeness (QED) is 0.731. The molecule has 0 N–H and O–H groups in total. The summed E-state index contributed by atoms with van der Waals surface area (Å²) in [7, 11) is 0. The Kier molecular flexibility index (Phi) is 3.25. The summed E-state index contributed by atoms with van der Waals surface area (Å²) in [5, 5.41) is 4.29. The minimum absolute atomic E-state index is 0.173. The average Bonchev–Trinajstić information content (AvgIpc) is 2.78. The monoisotopic (exact) mass is 269 g/mol. The van der Waals surface area contributed by atoms with Gasteiger partial charge in [0.1, 0.15) is 5.75 Å².